The Morgan fingerprint density at radius 3 is 1.67 bits per heavy atom. The molecule has 2 aromatic heterocycles. The minimum atomic E-state index is 0.711. The van der Waals surface area contributed by atoms with E-state index < -0.39 is 0 Å². The fourth-order valence-electron chi connectivity index (χ4n) is 8.34. The summed E-state index contributed by atoms with van der Waals surface area (Å²) in [5, 5.41) is 6.98. The van der Waals surface area contributed by atoms with E-state index in [-0.39, 0.29) is 0 Å². The smallest absolute Gasteiger partial charge is 0.160 e. The van der Waals surface area contributed by atoms with Gasteiger partial charge in [-0.2, -0.15) is 0 Å². The van der Waals surface area contributed by atoms with Crippen LogP contribution in [-0.4, -0.2) is 9.97 Å². The van der Waals surface area contributed by atoms with Gasteiger partial charge in [0.05, 0.1) is 11.4 Å². The summed E-state index contributed by atoms with van der Waals surface area (Å²) >= 11 is 0. The highest BCUT2D eigenvalue weighted by atomic mass is 16.3. The number of rotatable bonds is 6. The second-order valence-electron chi connectivity index (χ2n) is 14.5. The molecule has 9 aromatic carbocycles. The van der Waals surface area contributed by atoms with Gasteiger partial charge in [0.25, 0.3) is 0 Å². The lowest BCUT2D eigenvalue weighted by Gasteiger charge is -2.12. The lowest BCUT2D eigenvalue weighted by atomic mass is 9.91. The van der Waals surface area contributed by atoms with Gasteiger partial charge >= 0.3 is 0 Å². The number of hydrogen-bond donors (Lipinski definition) is 0. The average molecular weight is 727 g/mol. The Morgan fingerprint density at radius 1 is 0.316 bits per heavy atom. The summed E-state index contributed by atoms with van der Waals surface area (Å²) in [5.74, 6) is 0.711. The number of fused-ring (bicyclic) bond motifs is 6. The largest absolute Gasteiger partial charge is 0.455 e. The molecule has 0 saturated carbocycles. The van der Waals surface area contributed by atoms with Gasteiger partial charge in [0.1, 0.15) is 11.2 Å². The molecule has 11 rings (SSSR count). The fourth-order valence-corrected chi connectivity index (χ4v) is 8.34. The first kappa shape index (κ1) is 32.8. The second kappa shape index (κ2) is 13.6. The number of nitrogens with zero attached hydrogens (tertiary/aromatic N) is 2. The van der Waals surface area contributed by atoms with E-state index in [1.807, 2.05) is 36.4 Å². The quantitative estimate of drug-likeness (QED) is 0.171. The Kier molecular flexibility index (Phi) is 7.82. The van der Waals surface area contributed by atoms with Gasteiger partial charge in [0.2, 0.25) is 0 Å². The van der Waals surface area contributed by atoms with E-state index in [9.17, 15) is 0 Å². The molecule has 0 unspecified atom stereocenters. The third-order valence-corrected chi connectivity index (χ3v) is 11.1. The van der Waals surface area contributed by atoms with Crippen molar-refractivity contribution in [2.45, 2.75) is 0 Å². The fraction of sp³-hybridized carbons (Fsp3) is 0. The van der Waals surface area contributed by atoms with Gasteiger partial charge in [0, 0.05) is 32.8 Å². The molecule has 0 spiro atoms. The third-order valence-electron chi connectivity index (χ3n) is 11.1. The van der Waals surface area contributed by atoms with Crippen molar-refractivity contribution in [2.75, 3.05) is 0 Å². The molecule has 0 amide bonds. The lowest BCUT2D eigenvalue weighted by Crippen LogP contribution is -1.95. The van der Waals surface area contributed by atoms with Crippen molar-refractivity contribution in [3.8, 4) is 67.3 Å². The molecule has 0 bridgehead atoms. The van der Waals surface area contributed by atoms with E-state index in [1.165, 1.54) is 27.5 Å². The summed E-state index contributed by atoms with van der Waals surface area (Å²) in [5.41, 5.74) is 13.7. The second-order valence-corrected chi connectivity index (χ2v) is 14.5. The zero-order valence-electron chi connectivity index (χ0n) is 30.9. The molecule has 57 heavy (non-hydrogen) atoms. The molecule has 266 valence electrons. The van der Waals surface area contributed by atoms with Crippen LogP contribution >= 0.6 is 0 Å². The predicted molar refractivity (Wildman–Crippen MR) is 237 cm³/mol. The number of hydrogen-bond acceptors (Lipinski definition) is 3. The maximum atomic E-state index is 6.73. The van der Waals surface area contributed by atoms with Crippen LogP contribution in [0.15, 0.2) is 211 Å². The molecule has 3 heteroatoms. The maximum Gasteiger partial charge on any atom is 0.160 e. The topological polar surface area (TPSA) is 38.9 Å². The highest BCUT2D eigenvalue weighted by Crippen LogP contribution is 2.44. The highest BCUT2D eigenvalue weighted by Gasteiger charge is 2.19. The monoisotopic (exact) mass is 726 g/mol. The van der Waals surface area contributed by atoms with Gasteiger partial charge in [-0.3, -0.25) is 0 Å². The Bertz CT molecular complexity index is 3210. The summed E-state index contributed by atoms with van der Waals surface area (Å²) in [4.78, 5) is 10.0. The molecule has 0 atom stereocenters. The van der Waals surface area contributed by atoms with Crippen LogP contribution in [0.25, 0.3) is 111 Å². The van der Waals surface area contributed by atoms with Gasteiger partial charge in [0.15, 0.2) is 5.82 Å². The minimum absolute atomic E-state index is 0.711. The van der Waals surface area contributed by atoms with Crippen LogP contribution < -0.4 is 0 Å². The zero-order chi connectivity index (χ0) is 37.7. The molecule has 0 saturated heterocycles. The molecule has 3 nitrogen and oxygen atoms in total. The third kappa shape index (κ3) is 5.76. The molecular weight excluding hydrogens is 693 g/mol. The predicted octanol–water partition coefficient (Wildman–Crippen LogP) is 14.7. The van der Waals surface area contributed by atoms with Gasteiger partial charge in [-0.05, 0) is 73.8 Å². The standard InChI is InChI=1S/C54H34N2O/c1-3-15-37(16-4-1)49-34-50(56-54(55-49)39-17-5-2-6-18-39)38-30-28-35(29-31-38)40-20-11-21-41(32-40)47-33-48-52-45(43-25-12-19-36-14-7-8-22-42(36)43)26-13-27-51(52)57-53(48)46-24-10-9-23-44(46)47/h1-34H. The summed E-state index contributed by atoms with van der Waals surface area (Å²) in [6.45, 7) is 0. The van der Waals surface area contributed by atoms with Gasteiger partial charge in [-0.15, -0.1) is 0 Å². The minimum Gasteiger partial charge on any atom is -0.455 e. The van der Waals surface area contributed by atoms with Gasteiger partial charge < -0.3 is 4.42 Å². The van der Waals surface area contributed by atoms with Crippen LogP contribution in [0.2, 0.25) is 0 Å². The SMILES string of the molecule is c1ccc(-c2cc(-c3ccc(-c4cccc(-c5cc6c(oc7cccc(-c8cccc9ccccc89)c76)c6ccccc56)c4)cc3)nc(-c3ccccc3)n2)cc1. The van der Waals surface area contributed by atoms with E-state index >= 15 is 0 Å². The zero-order valence-corrected chi connectivity index (χ0v) is 30.9. The molecule has 0 radical (unpaired) electrons. The first-order chi connectivity index (χ1) is 28.2. The molecule has 0 N–H and O–H groups in total. The maximum absolute atomic E-state index is 6.73. The summed E-state index contributed by atoms with van der Waals surface area (Å²) < 4.78 is 6.73. The van der Waals surface area contributed by atoms with Crippen molar-refractivity contribution >= 4 is 43.5 Å². The number of furan rings is 1. The van der Waals surface area contributed by atoms with Crippen LogP contribution in [0.1, 0.15) is 0 Å². The van der Waals surface area contributed by atoms with Crippen LogP contribution in [-0.2, 0) is 0 Å². The Labute approximate surface area is 330 Å². The summed E-state index contributed by atoms with van der Waals surface area (Å²) in [6, 6.07) is 72.7. The van der Waals surface area contributed by atoms with Crippen molar-refractivity contribution < 1.29 is 4.42 Å². The molecule has 0 aliphatic heterocycles. The van der Waals surface area contributed by atoms with E-state index in [2.05, 4.69) is 170 Å². The van der Waals surface area contributed by atoms with Crippen LogP contribution in [0.3, 0.4) is 0 Å². The molecule has 0 fully saturated rings. The Balaban J connectivity index is 1.02. The van der Waals surface area contributed by atoms with Crippen molar-refractivity contribution in [1.82, 2.24) is 9.97 Å². The molecule has 0 aliphatic rings. The summed E-state index contributed by atoms with van der Waals surface area (Å²) in [6.07, 6.45) is 0. The normalized spacial score (nSPS) is 11.5. The van der Waals surface area contributed by atoms with Crippen LogP contribution in [0, 0.1) is 0 Å². The highest BCUT2D eigenvalue weighted by molar-refractivity contribution is 6.23. The van der Waals surface area contributed by atoms with Crippen molar-refractivity contribution in [2.24, 2.45) is 0 Å². The van der Waals surface area contributed by atoms with E-state index in [0.29, 0.717) is 5.82 Å². The van der Waals surface area contributed by atoms with Gasteiger partial charge in [-0.1, -0.05) is 182 Å². The first-order valence-corrected chi connectivity index (χ1v) is 19.3. The van der Waals surface area contributed by atoms with Crippen molar-refractivity contribution in [3.63, 3.8) is 0 Å². The van der Waals surface area contributed by atoms with Crippen molar-refractivity contribution in [1.29, 1.82) is 0 Å². The lowest BCUT2D eigenvalue weighted by molar-refractivity contribution is 0.673. The van der Waals surface area contributed by atoms with E-state index in [0.717, 1.165) is 77.5 Å². The van der Waals surface area contributed by atoms with Crippen LogP contribution in [0.4, 0.5) is 0 Å². The molecule has 2 heterocycles. The first-order valence-electron chi connectivity index (χ1n) is 19.3. The number of aromatic nitrogens is 2. The van der Waals surface area contributed by atoms with Crippen LogP contribution in [0.5, 0.6) is 0 Å². The molecular formula is C54H34N2O. The number of benzene rings is 9. The van der Waals surface area contributed by atoms with Crippen molar-refractivity contribution in [3.05, 3.63) is 206 Å². The van der Waals surface area contributed by atoms with Gasteiger partial charge in [-0.25, -0.2) is 9.97 Å². The Hall–Kier alpha value is -7.62. The average Bonchev–Trinajstić information content (AvgIpc) is 3.68. The molecule has 11 aromatic rings. The van der Waals surface area contributed by atoms with E-state index in [1.54, 1.807) is 0 Å². The Morgan fingerprint density at radius 2 is 0.877 bits per heavy atom. The molecule has 0 aliphatic carbocycles. The van der Waals surface area contributed by atoms with E-state index in [4.69, 9.17) is 14.4 Å². The summed E-state index contributed by atoms with van der Waals surface area (Å²) in [7, 11) is 0.